The second kappa shape index (κ2) is 5.75. The first kappa shape index (κ1) is 13.6. The Hall–Kier alpha value is -2.45. The van der Waals surface area contributed by atoms with Gasteiger partial charge in [0, 0.05) is 0 Å². The van der Waals surface area contributed by atoms with Crippen molar-refractivity contribution >= 4 is 17.8 Å². The summed E-state index contributed by atoms with van der Waals surface area (Å²) in [5.41, 5.74) is 0. The summed E-state index contributed by atoms with van der Waals surface area (Å²) in [7, 11) is 0. The maximum absolute atomic E-state index is 11.9. The number of aliphatic carboxylic acids is 2. The number of carboxylic acid groups (broad SMARTS) is 2. The van der Waals surface area contributed by atoms with Gasteiger partial charge in [0.05, 0.1) is 0 Å². The number of carbonyl (C=O) groups is 3. The third-order valence-electron chi connectivity index (χ3n) is 2.15. The van der Waals surface area contributed by atoms with Crippen molar-refractivity contribution in [2.75, 3.05) is 13.1 Å². The van der Waals surface area contributed by atoms with Crippen LogP contribution in [-0.2, 0) is 14.4 Å². The van der Waals surface area contributed by atoms with Gasteiger partial charge in [0.1, 0.15) is 31.8 Å². The zero-order valence-electron chi connectivity index (χ0n) is 9.55. The van der Waals surface area contributed by atoms with Crippen LogP contribution in [-0.4, -0.2) is 60.8 Å². The highest BCUT2D eigenvalue weighted by molar-refractivity contribution is 5.87. The van der Waals surface area contributed by atoms with E-state index in [0.29, 0.717) is 0 Å². The van der Waals surface area contributed by atoms with Crippen molar-refractivity contribution in [2.24, 2.45) is 0 Å². The zero-order valence-corrected chi connectivity index (χ0v) is 9.55. The molecular formula is C9H12N4O5. The molecule has 0 fully saturated rings. The van der Waals surface area contributed by atoms with E-state index in [1.807, 2.05) is 0 Å². The minimum absolute atomic E-state index is 0.648. The quantitative estimate of drug-likeness (QED) is 0.657. The molecule has 1 unspecified atom stereocenters. The average Bonchev–Trinajstić information content (AvgIpc) is 2.78. The second-order valence-corrected chi connectivity index (χ2v) is 3.53. The van der Waals surface area contributed by atoms with Gasteiger partial charge in [-0.15, -0.1) is 0 Å². The molecule has 0 saturated carbocycles. The van der Waals surface area contributed by atoms with Crippen LogP contribution >= 0.6 is 0 Å². The summed E-state index contributed by atoms with van der Waals surface area (Å²) in [6.45, 7) is 0.127. The van der Waals surface area contributed by atoms with E-state index in [1.54, 1.807) is 0 Å². The molecule has 18 heavy (non-hydrogen) atoms. The number of carbonyl (C=O) groups excluding carboxylic acids is 1. The van der Waals surface area contributed by atoms with Crippen molar-refractivity contribution in [2.45, 2.75) is 13.0 Å². The zero-order chi connectivity index (χ0) is 13.7. The third kappa shape index (κ3) is 3.54. The van der Waals surface area contributed by atoms with Gasteiger partial charge in [0.25, 0.3) is 0 Å². The molecule has 0 aromatic carbocycles. The lowest BCUT2D eigenvalue weighted by molar-refractivity contribution is -0.150. The molecular weight excluding hydrogens is 244 g/mol. The minimum atomic E-state index is -1.28. The molecule has 9 nitrogen and oxygen atoms in total. The molecule has 1 amide bonds. The fraction of sp³-hybridized carbons (Fsp3) is 0.444. The lowest BCUT2D eigenvalue weighted by Crippen LogP contribution is -2.42. The van der Waals surface area contributed by atoms with Crippen LogP contribution in [0.4, 0.5) is 0 Å². The van der Waals surface area contributed by atoms with Gasteiger partial charge < -0.3 is 15.1 Å². The number of amides is 1. The summed E-state index contributed by atoms with van der Waals surface area (Å²) >= 11 is 0. The van der Waals surface area contributed by atoms with Crippen LogP contribution in [0.5, 0.6) is 0 Å². The highest BCUT2D eigenvalue weighted by Crippen LogP contribution is 2.07. The number of nitrogens with zero attached hydrogens (tertiary/aromatic N) is 4. The van der Waals surface area contributed by atoms with Gasteiger partial charge in [-0.25, -0.2) is 9.67 Å². The van der Waals surface area contributed by atoms with E-state index >= 15 is 0 Å². The highest BCUT2D eigenvalue weighted by atomic mass is 16.4. The first-order valence-corrected chi connectivity index (χ1v) is 4.98. The lowest BCUT2D eigenvalue weighted by atomic mass is 10.3. The van der Waals surface area contributed by atoms with Crippen molar-refractivity contribution in [3.8, 4) is 0 Å². The molecule has 0 aliphatic carbocycles. The Morgan fingerprint density at radius 2 is 1.83 bits per heavy atom. The Balaban J connectivity index is 2.81. The lowest BCUT2D eigenvalue weighted by Gasteiger charge is -2.22. The van der Waals surface area contributed by atoms with Crippen LogP contribution < -0.4 is 0 Å². The van der Waals surface area contributed by atoms with E-state index in [9.17, 15) is 14.4 Å². The van der Waals surface area contributed by atoms with Crippen molar-refractivity contribution < 1.29 is 24.6 Å². The molecule has 0 saturated heterocycles. The molecule has 0 aliphatic rings. The number of carboxylic acids is 2. The van der Waals surface area contributed by atoms with E-state index in [-0.39, 0.29) is 0 Å². The average molecular weight is 256 g/mol. The van der Waals surface area contributed by atoms with Crippen molar-refractivity contribution in [1.82, 2.24) is 19.7 Å². The van der Waals surface area contributed by atoms with Gasteiger partial charge in [-0.2, -0.15) is 5.10 Å². The van der Waals surface area contributed by atoms with E-state index in [0.717, 1.165) is 4.90 Å². The molecule has 0 radical (unpaired) electrons. The van der Waals surface area contributed by atoms with E-state index < -0.39 is 37.0 Å². The molecule has 0 aliphatic heterocycles. The third-order valence-corrected chi connectivity index (χ3v) is 2.15. The Morgan fingerprint density at radius 1 is 1.28 bits per heavy atom. The van der Waals surface area contributed by atoms with Crippen LogP contribution in [0.1, 0.15) is 13.0 Å². The predicted molar refractivity (Wildman–Crippen MR) is 56.6 cm³/mol. The van der Waals surface area contributed by atoms with Gasteiger partial charge in [-0.05, 0) is 6.92 Å². The Morgan fingerprint density at radius 3 is 2.22 bits per heavy atom. The summed E-state index contributed by atoms with van der Waals surface area (Å²) in [4.78, 5) is 37.5. The molecule has 1 aromatic heterocycles. The van der Waals surface area contributed by atoms with Crippen molar-refractivity contribution in [1.29, 1.82) is 0 Å². The van der Waals surface area contributed by atoms with Crippen LogP contribution in [0.25, 0.3) is 0 Å². The normalized spacial score (nSPS) is 11.8. The van der Waals surface area contributed by atoms with Gasteiger partial charge in [-0.1, -0.05) is 0 Å². The highest BCUT2D eigenvalue weighted by Gasteiger charge is 2.25. The van der Waals surface area contributed by atoms with Gasteiger partial charge in [0.15, 0.2) is 0 Å². The fourth-order valence-electron chi connectivity index (χ4n) is 1.33. The standard InChI is InChI=1S/C9H12N4O5/c1-6(13-5-10-4-11-13)9(18)12(2-7(14)15)3-8(16)17/h4-6H,2-3H2,1H3,(H,14,15)(H,16,17). The predicted octanol–water partition coefficient (Wildman–Crippen LogP) is -1.16. The summed E-state index contributed by atoms with van der Waals surface area (Å²) in [5.74, 6) is -3.21. The molecule has 2 N–H and O–H groups in total. The van der Waals surface area contributed by atoms with E-state index in [2.05, 4.69) is 10.1 Å². The van der Waals surface area contributed by atoms with Crippen molar-refractivity contribution in [3.05, 3.63) is 12.7 Å². The first-order valence-electron chi connectivity index (χ1n) is 4.98. The van der Waals surface area contributed by atoms with E-state index in [1.165, 1.54) is 24.3 Å². The molecule has 1 atom stereocenters. The van der Waals surface area contributed by atoms with Gasteiger partial charge >= 0.3 is 11.9 Å². The SMILES string of the molecule is CC(C(=O)N(CC(=O)O)CC(=O)O)n1cncn1. The van der Waals surface area contributed by atoms with Crippen LogP contribution in [0, 0.1) is 0 Å². The van der Waals surface area contributed by atoms with E-state index in [4.69, 9.17) is 10.2 Å². The molecule has 1 heterocycles. The van der Waals surface area contributed by atoms with Crippen LogP contribution in [0.15, 0.2) is 12.7 Å². The summed E-state index contributed by atoms with van der Waals surface area (Å²) in [6, 6.07) is -0.814. The number of aromatic nitrogens is 3. The van der Waals surface area contributed by atoms with Gasteiger partial charge in [0.2, 0.25) is 5.91 Å². The summed E-state index contributed by atoms with van der Waals surface area (Å²) in [5, 5.41) is 21.0. The van der Waals surface area contributed by atoms with Crippen LogP contribution in [0.2, 0.25) is 0 Å². The Bertz CT molecular complexity index is 428. The topological polar surface area (TPSA) is 126 Å². The monoisotopic (exact) mass is 256 g/mol. The van der Waals surface area contributed by atoms with Gasteiger partial charge in [-0.3, -0.25) is 14.4 Å². The molecule has 0 spiro atoms. The van der Waals surface area contributed by atoms with Crippen molar-refractivity contribution in [3.63, 3.8) is 0 Å². The van der Waals surface area contributed by atoms with Crippen LogP contribution in [0.3, 0.4) is 0 Å². The smallest absolute Gasteiger partial charge is 0.323 e. The number of hydrogen-bond donors (Lipinski definition) is 2. The first-order chi connectivity index (χ1) is 8.41. The number of hydrogen-bond acceptors (Lipinski definition) is 5. The maximum atomic E-state index is 11.9. The fourth-order valence-corrected chi connectivity index (χ4v) is 1.33. The molecule has 1 rings (SSSR count). The summed E-state index contributed by atoms with van der Waals surface area (Å²) < 4.78 is 1.22. The second-order valence-electron chi connectivity index (χ2n) is 3.53. The Labute approximate surface area is 102 Å². The molecule has 9 heteroatoms. The summed E-state index contributed by atoms with van der Waals surface area (Å²) in [6.07, 6.45) is 2.52. The Kier molecular flexibility index (Phi) is 4.35. The molecule has 98 valence electrons. The minimum Gasteiger partial charge on any atom is -0.480 e. The molecule has 0 bridgehead atoms. The number of rotatable bonds is 6. The maximum Gasteiger partial charge on any atom is 0.323 e. The largest absolute Gasteiger partial charge is 0.480 e. The molecule has 1 aromatic rings.